The van der Waals surface area contributed by atoms with Gasteiger partial charge >= 0.3 is 5.97 Å². The molecular weight excluding hydrogens is 296 g/mol. The summed E-state index contributed by atoms with van der Waals surface area (Å²) in [5, 5.41) is 2.71. The standard InChI is InChI=1S/C17H18N2O4/c20-15-10-19(14-8-4-3-7-13(14)18-15)16(21)11-23-17(22)9-12-5-1-2-6-12/h1,3-5,7-8,12H,2,6,9-11H2,(H,18,20)/t12-/m1/s1. The quantitative estimate of drug-likeness (QED) is 0.680. The van der Waals surface area contributed by atoms with Crippen molar-refractivity contribution in [2.24, 2.45) is 5.92 Å². The lowest BCUT2D eigenvalue weighted by atomic mass is 10.1. The second-order valence-corrected chi connectivity index (χ2v) is 5.68. The highest BCUT2D eigenvalue weighted by Crippen LogP contribution is 2.29. The van der Waals surface area contributed by atoms with Gasteiger partial charge in [0.1, 0.15) is 6.54 Å². The summed E-state index contributed by atoms with van der Waals surface area (Å²) in [5.41, 5.74) is 1.20. The molecule has 1 N–H and O–H groups in total. The van der Waals surface area contributed by atoms with E-state index in [-0.39, 0.29) is 30.9 Å². The van der Waals surface area contributed by atoms with Crippen molar-refractivity contribution in [2.75, 3.05) is 23.4 Å². The molecule has 0 saturated heterocycles. The van der Waals surface area contributed by atoms with Crippen LogP contribution in [0.5, 0.6) is 0 Å². The molecule has 0 fully saturated rings. The first kappa shape index (κ1) is 15.3. The molecule has 6 nitrogen and oxygen atoms in total. The highest BCUT2D eigenvalue weighted by atomic mass is 16.5. The maximum atomic E-state index is 12.3. The fraction of sp³-hybridized carbons (Fsp3) is 0.353. The molecule has 1 atom stereocenters. The molecule has 1 heterocycles. The number of para-hydroxylation sites is 2. The van der Waals surface area contributed by atoms with Crippen LogP contribution in [-0.2, 0) is 19.1 Å². The monoisotopic (exact) mass is 314 g/mol. The normalized spacial score (nSPS) is 19.2. The van der Waals surface area contributed by atoms with Crippen molar-refractivity contribution < 1.29 is 19.1 Å². The van der Waals surface area contributed by atoms with Crippen LogP contribution >= 0.6 is 0 Å². The van der Waals surface area contributed by atoms with E-state index in [4.69, 9.17) is 4.74 Å². The number of esters is 1. The zero-order valence-electron chi connectivity index (χ0n) is 12.7. The minimum absolute atomic E-state index is 0.0707. The van der Waals surface area contributed by atoms with Gasteiger partial charge in [-0.2, -0.15) is 0 Å². The van der Waals surface area contributed by atoms with E-state index in [9.17, 15) is 14.4 Å². The van der Waals surface area contributed by atoms with Crippen LogP contribution in [0, 0.1) is 5.92 Å². The SMILES string of the molecule is O=C1CN(C(=O)COC(=O)C[C@@H]2C=CCC2)c2ccccc2N1. The van der Waals surface area contributed by atoms with Gasteiger partial charge in [0, 0.05) is 0 Å². The summed E-state index contributed by atoms with van der Waals surface area (Å²) in [6, 6.07) is 7.04. The number of rotatable bonds is 4. The maximum absolute atomic E-state index is 12.3. The Labute approximate surface area is 134 Å². The van der Waals surface area contributed by atoms with Crippen molar-refractivity contribution in [3.8, 4) is 0 Å². The summed E-state index contributed by atoms with van der Waals surface area (Å²) in [7, 11) is 0. The van der Waals surface area contributed by atoms with Crippen LogP contribution in [0.2, 0.25) is 0 Å². The van der Waals surface area contributed by atoms with Crippen molar-refractivity contribution in [1.82, 2.24) is 0 Å². The lowest BCUT2D eigenvalue weighted by Crippen LogP contribution is -2.44. The molecule has 1 aliphatic carbocycles. The Morgan fingerprint density at radius 2 is 2.13 bits per heavy atom. The number of carbonyl (C=O) groups excluding carboxylic acids is 3. The van der Waals surface area contributed by atoms with Gasteiger partial charge in [-0.25, -0.2) is 0 Å². The highest BCUT2D eigenvalue weighted by molar-refractivity contribution is 6.10. The molecule has 1 aliphatic heterocycles. The van der Waals surface area contributed by atoms with Crippen LogP contribution in [0.25, 0.3) is 0 Å². The molecule has 2 aliphatic rings. The fourth-order valence-corrected chi connectivity index (χ4v) is 2.81. The summed E-state index contributed by atoms with van der Waals surface area (Å²) in [6.45, 7) is -0.421. The van der Waals surface area contributed by atoms with E-state index < -0.39 is 5.91 Å². The third kappa shape index (κ3) is 3.59. The van der Waals surface area contributed by atoms with Gasteiger partial charge in [0.25, 0.3) is 5.91 Å². The fourth-order valence-electron chi connectivity index (χ4n) is 2.81. The Morgan fingerprint density at radius 1 is 1.30 bits per heavy atom. The average molecular weight is 314 g/mol. The summed E-state index contributed by atoms with van der Waals surface area (Å²) in [5.74, 6) is -0.842. The largest absolute Gasteiger partial charge is 0.456 e. The molecule has 3 rings (SSSR count). The number of allylic oxidation sites excluding steroid dienone is 2. The molecule has 23 heavy (non-hydrogen) atoms. The molecule has 2 amide bonds. The number of carbonyl (C=O) groups is 3. The highest BCUT2D eigenvalue weighted by Gasteiger charge is 2.27. The van der Waals surface area contributed by atoms with Crippen LogP contribution < -0.4 is 10.2 Å². The number of fused-ring (bicyclic) bond motifs is 1. The van der Waals surface area contributed by atoms with E-state index in [1.54, 1.807) is 24.3 Å². The van der Waals surface area contributed by atoms with Gasteiger partial charge in [-0.3, -0.25) is 19.3 Å². The molecule has 120 valence electrons. The zero-order chi connectivity index (χ0) is 16.2. The van der Waals surface area contributed by atoms with E-state index in [0.29, 0.717) is 17.8 Å². The molecule has 0 spiro atoms. The molecule has 0 unspecified atom stereocenters. The smallest absolute Gasteiger partial charge is 0.306 e. The lowest BCUT2D eigenvalue weighted by molar-refractivity contribution is -0.148. The van der Waals surface area contributed by atoms with E-state index in [2.05, 4.69) is 5.32 Å². The third-order valence-corrected chi connectivity index (χ3v) is 3.97. The molecule has 0 bridgehead atoms. The number of hydrogen-bond acceptors (Lipinski definition) is 4. The van der Waals surface area contributed by atoms with Gasteiger partial charge in [0.2, 0.25) is 5.91 Å². The first-order chi connectivity index (χ1) is 11.1. The number of anilines is 2. The maximum Gasteiger partial charge on any atom is 0.306 e. The Balaban J connectivity index is 1.59. The zero-order valence-corrected chi connectivity index (χ0v) is 12.7. The molecule has 6 heteroatoms. The van der Waals surface area contributed by atoms with E-state index in [0.717, 1.165) is 12.8 Å². The number of hydrogen-bond donors (Lipinski definition) is 1. The Kier molecular flexibility index (Phi) is 4.41. The van der Waals surface area contributed by atoms with E-state index in [1.165, 1.54) is 4.90 Å². The second kappa shape index (κ2) is 6.64. The van der Waals surface area contributed by atoms with Crippen LogP contribution in [0.15, 0.2) is 36.4 Å². The van der Waals surface area contributed by atoms with Gasteiger partial charge < -0.3 is 10.1 Å². The number of nitrogens with zero attached hydrogens (tertiary/aromatic N) is 1. The van der Waals surface area contributed by atoms with Crippen LogP contribution in [0.3, 0.4) is 0 Å². The van der Waals surface area contributed by atoms with Crippen molar-refractivity contribution in [2.45, 2.75) is 19.3 Å². The molecule has 0 aromatic heterocycles. The number of ether oxygens (including phenoxy) is 1. The predicted molar refractivity (Wildman–Crippen MR) is 84.9 cm³/mol. The first-order valence-corrected chi connectivity index (χ1v) is 7.65. The van der Waals surface area contributed by atoms with Gasteiger partial charge in [-0.05, 0) is 30.9 Å². The summed E-state index contributed by atoms with van der Waals surface area (Å²) in [6.07, 6.45) is 6.28. The summed E-state index contributed by atoms with van der Waals surface area (Å²) in [4.78, 5) is 37.1. The lowest BCUT2D eigenvalue weighted by Gasteiger charge is -2.28. The van der Waals surface area contributed by atoms with Gasteiger partial charge in [0.05, 0.1) is 17.8 Å². The van der Waals surface area contributed by atoms with E-state index in [1.807, 2.05) is 12.2 Å². The minimum Gasteiger partial charge on any atom is -0.456 e. The van der Waals surface area contributed by atoms with Crippen molar-refractivity contribution in [3.63, 3.8) is 0 Å². The van der Waals surface area contributed by atoms with Gasteiger partial charge in [-0.1, -0.05) is 24.3 Å². The van der Waals surface area contributed by atoms with Gasteiger partial charge in [0.15, 0.2) is 6.61 Å². The Bertz CT molecular complexity index is 668. The molecular formula is C17H18N2O4. The second-order valence-electron chi connectivity index (χ2n) is 5.68. The first-order valence-electron chi connectivity index (χ1n) is 7.65. The third-order valence-electron chi connectivity index (χ3n) is 3.97. The average Bonchev–Trinajstić information content (AvgIpc) is 3.04. The number of amides is 2. The van der Waals surface area contributed by atoms with Gasteiger partial charge in [-0.15, -0.1) is 0 Å². The summed E-state index contributed by atoms with van der Waals surface area (Å²) < 4.78 is 5.07. The molecule has 0 saturated carbocycles. The van der Waals surface area contributed by atoms with Crippen molar-refractivity contribution in [3.05, 3.63) is 36.4 Å². The van der Waals surface area contributed by atoms with Crippen LogP contribution in [0.1, 0.15) is 19.3 Å². The molecule has 1 aromatic rings. The van der Waals surface area contributed by atoms with E-state index >= 15 is 0 Å². The van der Waals surface area contributed by atoms with Crippen LogP contribution in [0.4, 0.5) is 11.4 Å². The van der Waals surface area contributed by atoms with Crippen molar-refractivity contribution >= 4 is 29.2 Å². The topological polar surface area (TPSA) is 75.7 Å². The number of nitrogens with one attached hydrogen (secondary N) is 1. The molecule has 0 radical (unpaired) electrons. The minimum atomic E-state index is -0.400. The Morgan fingerprint density at radius 3 is 2.91 bits per heavy atom. The van der Waals surface area contributed by atoms with Crippen molar-refractivity contribution in [1.29, 1.82) is 0 Å². The van der Waals surface area contributed by atoms with Crippen LogP contribution in [-0.4, -0.2) is 30.9 Å². The summed E-state index contributed by atoms with van der Waals surface area (Å²) >= 11 is 0. The predicted octanol–water partition coefficient (Wildman–Crippen LogP) is 1.87. The number of benzene rings is 1. The Hall–Kier alpha value is -2.63. The molecule has 1 aromatic carbocycles.